The summed E-state index contributed by atoms with van der Waals surface area (Å²) in [6.07, 6.45) is 0. The normalized spacial score (nSPS) is 13.0. The summed E-state index contributed by atoms with van der Waals surface area (Å²) in [5, 5.41) is 4.74. The molecule has 0 radical (unpaired) electrons. The zero-order valence-electron chi connectivity index (χ0n) is 16.4. The van der Waals surface area contributed by atoms with Crippen molar-refractivity contribution in [2.45, 2.75) is 19.8 Å². The van der Waals surface area contributed by atoms with E-state index >= 15 is 0 Å². The summed E-state index contributed by atoms with van der Waals surface area (Å²) in [7, 11) is 0. The molecule has 0 bridgehead atoms. The van der Waals surface area contributed by atoms with Gasteiger partial charge < -0.3 is 8.83 Å². The minimum absolute atomic E-state index is 0.220. The number of aryl methyl sites for hydroxylation is 1. The monoisotopic (exact) mass is 376 g/mol. The van der Waals surface area contributed by atoms with Crippen LogP contribution in [0.25, 0.3) is 43.9 Å². The lowest BCUT2D eigenvalue weighted by Gasteiger charge is -2.16. The van der Waals surface area contributed by atoms with Gasteiger partial charge in [0.1, 0.15) is 22.3 Å². The van der Waals surface area contributed by atoms with Gasteiger partial charge >= 0.3 is 0 Å². The topological polar surface area (TPSA) is 26.3 Å². The summed E-state index contributed by atoms with van der Waals surface area (Å²) in [6, 6.07) is 27.4. The van der Waals surface area contributed by atoms with Crippen LogP contribution in [0, 0.1) is 6.92 Å². The van der Waals surface area contributed by atoms with Crippen LogP contribution >= 0.6 is 0 Å². The summed E-state index contributed by atoms with van der Waals surface area (Å²) in [5.41, 5.74) is 7.61. The van der Waals surface area contributed by atoms with Gasteiger partial charge in [0.25, 0.3) is 0 Å². The van der Waals surface area contributed by atoms with Crippen molar-refractivity contribution in [1.29, 1.82) is 0 Å². The maximum Gasteiger partial charge on any atom is 0.135 e. The van der Waals surface area contributed by atoms with E-state index in [1.54, 1.807) is 0 Å². The molecule has 0 saturated heterocycles. The van der Waals surface area contributed by atoms with E-state index in [1.165, 1.54) is 38.2 Å². The van der Waals surface area contributed by atoms with Crippen molar-refractivity contribution in [3.05, 3.63) is 95.6 Å². The summed E-state index contributed by atoms with van der Waals surface area (Å²) >= 11 is 0. The van der Waals surface area contributed by atoms with Crippen LogP contribution in [0.5, 0.6) is 0 Å². The fourth-order valence-corrected chi connectivity index (χ4v) is 4.69. The van der Waals surface area contributed by atoms with Crippen molar-refractivity contribution in [2.75, 3.05) is 0 Å². The van der Waals surface area contributed by atoms with Crippen LogP contribution < -0.4 is 0 Å². The first-order valence-electron chi connectivity index (χ1n) is 10.0. The molecule has 140 valence electrons. The Kier molecular flexibility index (Phi) is 3.39. The molecule has 29 heavy (non-hydrogen) atoms. The number of benzene rings is 4. The average Bonchev–Trinajstić information content (AvgIpc) is 3.30. The second-order valence-corrected chi connectivity index (χ2v) is 7.84. The van der Waals surface area contributed by atoms with Gasteiger partial charge in [-0.2, -0.15) is 0 Å². The molecule has 2 heterocycles. The van der Waals surface area contributed by atoms with Gasteiger partial charge in [0.05, 0.1) is 0 Å². The van der Waals surface area contributed by atoms with Crippen molar-refractivity contribution in [2.24, 2.45) is 0 Å². The maximum atomic E-state index is 6.16. The smallest absolute Gasteiger partial charge is 0.135 e. The Bertz CT molecular complexity index is 1530. The molecule has 0 saturated carbocycles. The van der Waals surface area contributed by atoms with E-state index in [0.717, 1.165) is 22.3 Å². The van der Waals surface area contributed by atoms with Crippen LogP contribution in [-0.4, -0.2) is 0 Å². The minimum Gasteiger partial charge on any atom is -0.456 e. The number of fused-ring (bicyclic) bond motifs is 6. The van der Waals surface area contributed by atoms with E-state index in [0.29, 0.717) is 0 Å². The molecule has 2 nitrogen and oxygen atoms in total. The average molecular weight is 376 g/mol. The van der Waals surface area contributed by atoms with Crippen molar-refractivity contribution >= 4 is 43.9 Å². The molecule has 1 atom stereocenters. The van der Waals surface area contributed by atoms with Gasteiger partial charge in [0, 0.05) is 27.5 Å². The molecule has 0 spiro atoms. The zero-order chi connectivity index (χ0) is 19.5. The van der Waals surface area contributed by atoms with Gasteiger partial charge in [0.2, 0.25) is 0 Å². The lowest BCUT2D eigenvalue weighted by molar-refractivity contribution is 0.667. The number of hydrogen-bond acceptors (Lipinski definition) is 2. The van der Waals surface area contributed by atoms with E-state index in [1.807, 2.05) is 24.3 Å². The Balaban J connectivity index is 1.60. The standard InChI is InChI=1S/C27H20O2/c1-16-14-22-19-8-3-5-11-23(19)29-26(22)15-21(16)17(2)18-10-7-13-25-27(18)20-9-4-6-12-24(20)28-25/h3-15,17H,1-2H3. The van der Waals surface area contributed by atoms with Crippen molar-refractivity contribution < 1.29 is 8.83 Å². The van der Waals surface area contributed by atoms with Gasteiger partial charge in [0.15, 0.2) is 0 Å². The molecule has 0 N–H and O–H groups in total. The van der Waals surface area contributed by atoms with Crippen LogP contribution in [-0.2, 0) is 0 Å². The molecule has 2 aromatic heterocycles. The Morgan fingerprint density at radius 1 is 0.586 bits per heavy atom. The Morgan fingerprint density at radius 3 is 2.07 bits per heavy atom. The fraction of sp³-hybridized carbons (Fsp3) is 0.111. The third-order valence-corrected chi connectivity index (χ3v) is 6.13. The van der Waals surface area contributed by atoms with Gasteiger partial charge in [-0.25, -0.2) is 0 Å². The van der Waals surface area contributed by atoms with Crippen LogP contribution in [0.2, 0.25) is 0 Å². The highest BCUT2D eigenvalue weighted by Crippen LogP contribution is 2.39. The molecule has 1 unspecified atom stereocenters. The van der Waals surface area contributed by atoms with E-state index in [4.69, 9.17) is 8.83 Å². The summed E-state index contributed by atoms with van der Waals surface area (Å²) in [5.74, 6) is 0.220. The highest BCUT2D eigenvalue weighted by Gasteiger charge is 2.19. The van der Waals surface area contributed by atoms with Gasteiger partial charge in [-0.15, -0.1) is 0 Å². The Hall–Kier alpha value is -3.52. The first-order valence-corrected chi connectivity index (χ1v) is 10.0. The molecule has 0 fully saturated rings. The second-order valence-electron chi connectivity index (χ2n) is 7.84. The molecular formula is C27H20O2. The highest BCUT2D eigenvalue weighted by atomic mass is 16.3. The molecule has 6 aromatic rings. The van der Waals surface area contributed by atoms with Crippen molar-refractivity contribution in [3.8, 4) is 0 Å². The quantitative estimate of drug-likeness (QED) is 0.306. The number of hydrogen-bond donors (Lipinski definition) is 0. The Morgan fingerprint density at radius 2 is 1.24 bits per heavy atom. The fourth-order valence-electron chi connectivity index (χ4n) is 4.69. The van der Waals surface area contributed by atoms with E-state index in [-0.39, 0.29) is 5.92 Å². The third-order valence-electron chi connectivity index (χ3n) is 6.13. The predicted molar refractivity (Wildman–Crippen MR) is 120 cm³/mol. The molecule has 0 amide bonds. The van der Waals surface area contributed by atoms with Crippen LogP contribution in [0.4, 0.5) is 0 Å². The van der Waals surface area contributed by atoms with Crippen LogP contribution in [0.15, 0.2) is 87.7 Å². The molecule has 4 aromatic carbocycles. The molecule has 0 aliphatic carbocycles. The number of rotatable bonds is 2. The number of furan rings is 2. The van der Waals surface area contributed by atoms with Gasteiger partial charge in [-0.3, -0.25) is 0 Å². The minimum atomic E-state index is 0.220. The lowest BCUT2D eigenvalue weighted by atomic mass is 9.87. The Labute approximate surface area is 168 Å². The third kappa shape index (κ3) is 2.35. The van der Waals surface area contributed by atoms with E-state index in [2.05, 4.69) is 68.4 Å². The molecule has 2 heteroatoms. The maximum absolute atomic E-state index is 6.16. The van der Waals surface area contributed by atoms with Gasteiger partial charge in [-0.05, 0) is 53.9 Å². The van der Waals surface area contributed by atoms with E-state index in [9.17, 15) is 0 Å². The molecule has 0 aliphatic rings. The highest BCUT2D eigenvalue weighted by molar-refractivity contribution is 6.07. The lowest BCUT2D eigenvalue weighted by Crippen LogP contribution is -1.99. The second kappa shape index (κ2) is 5.99. The molecular weight excluding hydrogens is 356 g/mol. The first kappa shape index (κ1) is 16.4. The SMILES string of the molecule is Cc1cc2c(cc1C(C)c1cccc3oc4ccccc4c13)oc1ccccc12. The van der Waals surface area contributed by atoms with Crippen molar-refractivity contribution in [1.82, 2.24) is 0 Å². The van der Waals surface area contributed by atoms with Crippen molar-refractivity contribution in [3.63, 3.8) is 0 Å². The first-order chi connectivity index (χ1) is 14.2. The molecule has 6 rings (SSSR count). The van der Waals surface area contributed by atoms with Gasteiger partial charge in [-0.1, -0.05) is 55.5 Å². The summed E-state index contributed by atoms with van der Waals surface area (Å²) in [4.78, 5) is 0. The van der Waals surface area contributed by atoms with Crippen LogP contribution in [0.1, 0.15) is 29.5 Å². The number of para-hydroxylation sites is 2. The molecule has 0 aliphatic heterocycles. The summed E-state index contributed by atoms with van der Waals surface area (Å²) < 4.78 is 12.3. The summed E-state index contributed by atoms with van der Waals surface area (Å²) in [6.45, 7) is 4.47. The largest absolute Gasteiger partial charge is 0.456 e. The predicted octanol–water partition coefficient (Wildman–Crippen LogP) is 7.95. The van der Waals surface area contributed by atoms with Crippen LogP contribution in [0.3, 0.4) is 0 Å². The van der Waals surface area contributed by atoms with E-state index < -0.39 is 0 Å². The zero-order valence-corrected chi connectivity index (χ0v) is 16.4.